The number of halogens is 1. The highest BCUT2D eigenvalue weighted by Crippen LogP contribution is 2.50. The second kappa shape index (κ2) is 7.44. The molecule has 1 atom stereocenters. The molecule has 0 saturated carbocycles. The Morgan fingerprint density at radius 3 is 2.68 bits per heavy atom. The molecule has 0 N–H and O–H groups in total. The molecule has 1 saturated heterocycles. The number of aromatic nitrogens is 4. The van der Waals surface area contributed by atoms with Crippen LogP contribution in [0.2, 0.25) is 5.02 Å². The third-order valence-corrected chi connectivity index (χ3v) is 7.51. The number of pyridine rings is 1. The van der Waals surface area contributed by atoms with Crippen LogP contribution in [0.1, 0.15) is 43.2 Å². The van der Waals surface area contributed by atoms with E-state index < -0.39 is 5.66 Å². The highest BCUT2D eigenvalue weighted by Gasteiger charge is 2.60. The first-order chi connectivity index (χ1) is 16.4. The molecule has 2 aliphatic rings. The van der Waals surface area contributed by atoms with Crippen molar-refractivity contribution in [2.75, 3.05) is 13.1 Å². The van der Waals surface area contributed by atoms with Crippen molar-refractivity contribution in [3.63, 3.8) is 0 Å². The summed E-state index contributed by atoms with van der Waals surface area (Å²) >= 11 is 7.32. The predicted molar refractivity (Wildman–Crippen MR) is 123 cm³/mol. The molecule has 170 valence electrons. The van der Waals surface area contributed by atoms with E-state index in [-0.39, 0.29) is 11.8 Å². The fraction of sp³-hybridized carbons (Fsp3) is 0.217. The van der Waals surface area contributed by atoms with Crippen LogP contribution in [0.3, 0.4) is 0 Å². The number of hydrogen-bond donors (Lipinski definition) is 0. The van der Waals surface area contributed by atoms with Crippen molar-refractivity contribution in [3.05, 3.63) is 81.4 Å². The Balaban J connectivity index is 1.58. The molecular weight excluding hydrogens is 476 g/mol. The molecule has 3 aromatic heterocycles. The summed E-state index contributed by atoms with van der Waals surface area (Å²) in [5.74, 6) is -0.119. The van der Waals surface area contributed by atoms with Crippen LogP contribution in [0.4, 0.5) is 0 Å². The number of carbonyl (C=O) groups is 2. The average Bonchev–Trinajstić information content (AvgIpc) is 3.59. The van der Waals surface area contributed by atoms with E-state index in [9.17, 15) is 9.59 Å². The van der Waals surface area contributed by atoms with E-state index in [4.69, 9.17) is 16.1 Å². The molecule has 11 heteroatoms. The quantitative estimate of drug-likeness (QED) is 0.429. The zero-order valence-electron chi connectivity index (χ0n) is 18.1. The van der Waals surface area contributed by atoms with Gasteiger partial charge in [0, 0.05) is 41.6 Å². The van der Waals surface area contributed by atoms with Gasteiger partial charge in [0.05, 0.1) is 17.0 Å². The number of carbonyl (C=O) groups excluding carboxylic acids is 2. The lowest BCUT2D eigenvalue weighted by Gasteiger charge is -2.40. The fourth-order valence-electron chi connectivity index (χ4n) is 4.96. The smallest absolute Gasteiger partial charge is 0.262 e. The topological polar surface area (TPSA) is 105 Å². The summed E-state index contributed by atoms with van der Waals surface area (Å²) in [5, 5.41) is 8.68. The van der Waals surface area contributed by atoms with Crippen molar-refractivity contribution in [2.45, 2.75) is 19.5 Å². The monoisotopic (exact) mass is 492 g/mol. The highest BCUT2D eigenvalue weighted by molar-refractivity contribution is 7.09. The van der Waals surface area contributed by atoms with Crippen LogP contribution in [0, 0.1) is 13.8 Å². The van der Waals surface area contributed by atoms with Gasteiger partial charge in [0.2, 0.25) is 0 Å². The zero-order chi connectivity index (χ0) is 23.6. The van der Waals surface area contributed by atoms with Crippen LogP contribution >= 0.6 is 23.1 Å². The summed E-state index contributed by atoms with van der Waals surface area (Å²) in [7, 11) is 0. The van der Waals surface area contributed by atoms with Crippen LogP contribution in [0.25, 0.3) is 10.6 Å². The fourth-order valence-corrected chi connectivity index (χ4v) is 5.73. The van der Waals surface area contributed by atoms with Gasteiger partial charge in [-0.1, -0.05) is 33.4 Å². The van der Waals surface area contributed by atoms with Crippen LogP contribution in [0.15, 0.2) is 47.2 Å². The van der Waals surface area contributed by atoms with Gasteiger partial charge in [0.25, 0.3) is 11.8 Å². The summed E-state index contributed by atoms with van der Waals surface area (Å²) in [6.07, 6.45) is 3.24. The maximum Gasteiger partial charge on any atom is 0.262 e. The van der Waals surface area contributed by atoms with E-state index in [1.54, 1.807) is 54.2 Å². The molecule has 4 aromatic rings. The second-order valence-corrected chi connectivity index (χ2v) is 9.36. The summed E-state index contributed by atoms with van der Waals surface area (Å²) in [6.45, 7) is 4.21. The Morgan fingerprint density at radius 1 is 1.15 bits per heavy atom. The molecule has 6 rings (SSSR count). The van der Waals surface area contributed by atoms with E-state index in [1.165, 1.54) is 0 Å². The first kappa shape index (κ1) is 20.9. The van der Waals surface area contributed by atoms with Crippen molar-refractivity contribution in [1.82, 2.24) is 29.5 Å². The minimum Gasteiger partial charge on any atom is -0.354 e. The molecule has 1 fully saturated rings. The standard InChI is InChI=1S/C23H17ClN6O3S/c1-12-18(19(33-27-12)20-13(2)26-28-34-20)22(32)30-10-9-29-21(31)16-7-8-25-11-17(16)23(29,30)14-3-5-15(24)6-4-14/h3-8,11H,9-10H2,1-2H3. The van der Waals surface area contributed by atoms with Gasteiger partial charge >= 0.3 is 0 Å². The van der Waals surface area contributed by atoms with Crippen molar-refractivity contribution in [1.29, 1.82) is 0 Å². The predicted octanol–water partition coefficient (Wildman–Crippen LogP) is 3.67. The number of nitrogens with zero attached hydrogens (tertiary/aromatic N) is 6. The molecule has 0 aliphatic carbocycles. The van der Waals surface area contributed by atoms with E-state index in [0.717, 1.165) is 17.1 Å². The Hall–Kier alpha value is -3.63. The molecule has 0 bridgehead atoms. The lowest BCUT2D eigenvalue weighted by molar-refractivity contribution is 0.0374. The van der Waals surface area contributed by atoms with Crippen molar-refractivity contribution in [3.8, 4) is 10.6 Å². The largest absolute Gasteiger partial charge is 0.354 e. The Labute approximate surface area is 203 Å². The Bertz CT molecular complexity index is 1470. The molecule has 1 aromatic carbocycles. The molecule has 2 amide bonds. The number of rotatable bonds is 3. The molecule has 9 nitrogen and oxygen atoms in total. The highest BCUT2D eigenvalue weighted by atomic mass is 35.5. The average molecular weight is 493 g/mol. The molecule has 0 radical (unpaired) electrons. The Kier molecular flexibility index (Phi) is 4.58. The molecule has 1 unspecified atom stereocenters. The third-order valence-electron chi connectivity index (χ3n) is 6.43. The van der Waals surface area contributed by atoms with E-state index >= 15 is 0 Å². The van der Waals surface area contributed by atoms with E-state index in [1.807, 2.05) is 12.1 Å². The summed E-state index contributed by atoms with van der Waals surface area (Å²) in [5.41, 5.74) is 2.18. The SMILES string of the molecule is Cc1nnsc1-c1onc(C)c1C(=O)N1CCN2C(=O)c3ccncc3C21c1ccc(Cl)cc1. The van der Waals surface area contributed by atoms with Crippen molar-refractivity contribution in [2.24, 2.45) is 0 Å². The summed E-state index contributed by atoms with van der Waals surface area (Å²) in [4.78, 5) is 36.1. The first-order valence-corrected chi connectivity index (χ1v) is 11.7. The maximum absolute atomic E-state index is 14.3. The van der Waals surface area contributed by atoms with Gasteiger partial charge in [-0.15, -0.1) is 5.10 Å². The first-order valence-electron chi connectivity index (χ1n) is 10.5. The lowest BCUT2D eigenvalue weighted by atomic mass is 9.90. The van der Waals surface area contributed by atoms with Crippen LogP contribution in [-0.2, 0) is 5.66 Å². The van der Waals surface area contributed by atoms with Crippen molar-refractivity contribution < 1.29 is 14.1 Å². The van der Waals surface area contributed by atoms with Gasteiger partial charge in [0.15, 0.2) is 11.4 Å². The molecule has 2 aliphatic heterocycles. The van der Waals surface area contributed by atoms with Crippen LogP contribution in [-0.4, -0.2) is 54.4 Å². The van der Waals surface area contributed by atoms with Gasteiger partial charge in [-0.05, 0) is 43.6 Å². The number of amides is 2. The maximum atomic E-state index is 14.3. The number of benzene rings is 1. The summed E-state index contributed by atoms with van der Waals surface area (Å²) in [6, 6.07) is 8.89. The minimum absolute atomic E-state index is 0.146. The van der Waals surface area contributed by atoms with Gasteiger partial charge in [0.1, 0.15) is 10.4 Å². The van der Waals surface area contributed by atoms with E-state index in [0.29, 0.717) is 56.8 Å². The van der Waals surface area contributed by atoms with E-state index in [2.05, 4.69) is 19.7 Å². The van der Waals surface area contributed by atoms with Gasteiger partial charge < -0.3 is 14.3 Å². The third kappa shape index (κ3) is 2.66. The Morgan fingerprint density at radius 2 is 1.94 bits per heavy atom. The number of fused-ring (bicyclic) bond motifs is 3. The number of aryl methyl sites for hydroxylation is 2. The van der Waals surface area contributed by atoms with Crippen LogP contribution in [0.5, 0.6) is 0 Å². The van der Waals surface area contributed by atoms with Gasteiger partial charge in [-0.25, -0.2) is 0 Å². The molecule has 0 spiro atoms. The normalized spacial score (nSPS) is 19.0. The lowest BCUT2D eigenvalue weighted by Crippen LogP contribution is -2.51. The van der Waals surface area contributed by atoms with Gasteiger partial charge in [-0.2, -0.15) is 0 Å². The van der Waals surface area contributed by atoms with Crippen LogP contribution < -0.4 is 0 Å². The number of hydrogen-bond acceptors (Lipinski definition) is 8. The zero-order valence-corrected chi connectivity index (χ0v) is 19.7. The molecular formula is C23H17ClN6O3S. The van der Waals surface area contributed by atoms with Crippen molar-refractivity contribution >= 4 is 34.9 Å². The molecule has 5 heterocycles. The van der Waals surface area contributed by atoms with Gasteiger partial charge in [-0.3, -0.25) is 14.6 Å². The summed E-state index contributed by atoms with van der Waals surface area (Å²) < 4.78 is 9.55. The minimum atomic E-state index is -1.16. The molecule has 34 heavy (non-hydrogen) atoms. The second-order valence-electron chi connectivity index (χ2n) is 8.17.